The zero-order chi connectivity index (χ0) is 34.8. The number of esters is 1. The van der Waals surface area contributed by atoms with Crippen LogP contribution in [-0.4, -0.2) is 85.1 Å². The van der Waals surface area contributed by atoms with Crippen LogP contribution < -0.4 is 16.8 Å². The molecule has 0 aliphatic heterocycles. The van der Waals surface area contributed by atoms with Crippen LogP contribution in [0.2, 0.25) is 0 Å². The summed E-state index contributed by atoms with van der Waals surface area (Å²) in [5, 5.41) is 2.65. The largest absolute Gasteiger partial charge is 0.497 e. The second kappa shape index (κ2) is 16.3. The number of nitrogens with zero attached hydrogens (tertiary/aromatic N) is 5. The Morgan fingerprint density at radius 3 is 2.35 bits per heavy atom. The minimum Gasteiger partial charge on any atom is -0.497 e. The van der Waals surface area contributed by atoms with Gasteiger partial charge in [-0.05, 0) is 20.8 Å². The molecule has 2 atom stereocenters. The number of carbonyl (C=O) groups is 2. The average molecular weight is 673 g/mol. The lowest BCUT2D eigenvalue weighted by Crippen LogP contribution is -2.40. The van der Waals surface area contributed by atoms with E-state index in [4.69, 9.17) is 48.1 Å². The number of amides is 1. The highest BCUT2D eigenvalue weighted by atomic mass is 16.7. The van der Waals surface area contributed by atoms with Crippen LogP contribution in [0, 0.1) is 6.92 Å². The number of carbonyl (C=O) groups excluding carboxylic acids is 2. The van der Waals surface area contributed by atoms with Crippen molar-refractivity contribution in [1.29, 1.82) is 0 Å². The molecule has 19 nitrogen and oxygen atoms in total. The standard InChI is InChI=1S/C29H36N8O11/c1-7-44-26(20-15(3)48-23(37-20)14(2)30)32-8-9-43-10-16(31)22(38)36-21(29(41-5)42-6)27-34-18(12-47-27)24-33-17(11-45-24)25-35-19(13-46-25)28(39)40-4/h10-14,21,29H,7-9,30-31H2,1-6H3,(H,36,38)/b16-10-,32-26?. The molecule has 19 heteroatoms. The third-order valence-corrected chi connectivity index (χ3v) is 6.28. The van der Waals surface area contributed by atoms with E-state index in [0.717, 1.165) is 12.5 Å². The number of methoxy groups -OCH3 is 3. The van der Waals surface area contributed by atoms with Gasteiger partial charge in [-0.2, -0.15) is 0 Å². The summed E-state index contributed by atoms with van der Waals surface area (Å²) < 4.78 is 48.3. The van der Waals surface area contributed by atoms with Crippen LogP contribution in [0.25, 0.3) is 23.2 Å². The first kappa shape index (κ1) is 35.3. The third kappa shape index (κ3) is 8.43. The first-order valence-corrected chi connectivity index (χ1v) is 14.4. The van der Waals surface area contributed by atoms with Gasteiger partial charge in [0.05, 0.1) is 26.3 Å². The normalized spacial score (nSPS) is 13.4. The van der Waals surface area contributed by atoms with Crippen LogP contribution in [0.5, 0.6) is 0 Å². The Kier molecular flexibility index (Phi) is 12.0. The van der Waals surface area contributed by atoms with E-state index in [9.17, 15) is 9.59 Å². The van der Waals surface area contributed by atoms with Gasteiger partial charge in [-0.25, -0.2) is 29.7 Å². The predicted molar refractivity (Wildman–Crippen MR) is 163 cm³/mol. The van der Waals surface area contributed by atoms with Crippen LogP contribution in [0.3, 0.4) is 0 Å². The van der Waals surface area contributed by atoms with Crippen LogP contribution >= 0.6 is 0 Å². The molecule has 1 amide bonds. The molecule has 48 heavy (non-hydrogen) atoms. The number of hydrogen-bond acceptors (Lipinski definition) is 18. The van der Waals surface area contributed by atoms with E-state index in [2.05, 4.69) is 35.0 Å². The van der Waals surface area contributed by atoms with Gasteiger partial charge in [0.1, 0.15) is 43.1 Å². The Morgan fingerprint density at radius 2 is 1.69 bits per heavy atom. The number of nitrogens with two attached hydrogens (primary N) is 2. The quantitative estimate of drug-likeness (QED) is 0.0293. The lowest BCUT2D eigenvalue weighted by Gasteiger charge is -2.23. The number of oxazole rings is 4. The number of hydrogen-bond donors (Lipinski definition) is 3. The maximum absolute atomic E-state index is 13.0. The molecule has 5 N–H and O–H groups in total. The molecule has 0 aliphatic carbocycles. The molecule has 0 bridgehead atoms. The highest BCUT2D eigenvalue weighted by Gasteiger charge is 2.31. The molecular formula is C29H36N8O11. The molecule has 258 valence electrons. The van der Waals surface area contributed by atoms with Gasteiger partial charge in [0.15, 0.2) is 35.1 Å². The summed E-state index contributed by atoms with van der Waals surface area (Å²) in [6, 6.07) is -1.46. The van der Waals surface area contributed by atoms with Crippen LogP contribution in [0.15, 0.2) is 53.4 Å². The minimum atomic E-state index is -1.07. The van der Waals surface area contributed by atoms with Gasteiger partial charge in [0.2, 0.25) is 29.5 Å². The number of aryl methyl sites for hydroxylation is 1. The van der Waals surface area contributed by atoms with Crippen LogP contribution in [0.4, 0.5) is 0 Å². The molecule has 0 radical (unpaired) electrons. The first-order chi connectivity index (χ1) is 23.1. The maximum Gasteiger partial charge on any atom is 0.360 e. The Balaban J connectivity index is 1.40. The SMILES string of the molecule is CCOC(=NCCO/C=C(\N)C(=O)NC(c1nc(-c2nc(-c3nc(C(=O)OC)co3)co2)co1)C(OC)OC)c1nc(C(C)N)oc1C. The van der Waals surface area contributed by atoms with Crippen molar-refractivity contribution in [1.82, 2.24) is 25.3 Å². The molecule has 0 aliphatic rings. The van der Waals surface area contributed by atoms with Gasteiger partial charge in [-0.1, -0.05) is 0 Å². The molecular weight excluding hydrogens is 636 g/mol. The summed E-state index contributed by atoms with van der Waals surface area (Å²) >= 11 is 0. The summed E-state index contributed by atoms with van der Waals surface area (Å²) in [5.41, 5.74) is 12.3. The maximum atomic E-state index is 13.0. The van der Waals surface area contributed by atoms with Crippen molar-refractivity contribution < 1.29 is 50.9 Å². The molecule has 0 saturated carbocycles. The second-order valence-electron chi connectivity index (χ2n) is 9.74. The molecule has 4 aromatic heterocycles. The summed E-state index contributed by atoms with van der Waals surface area (Å²) in [4.78, 5) is 46.1. The zero-order valence-electron chi connectivity index (χ0n) is 27.0. The van der Waals surface area contributed by atoms with E-state index in [1.165, 1.54) is 33.9 Å². The molecule has 4 rings (SSSR count). The highest BCUT2D eigenvalue weighted by Crippen LogP contribution is 2.27. The minimum absolute atomic E-state index is 0.0160. The molecule has 0 fully saturated rings. The Bertz CT molecular complexity index is 1730. The lowest BCUT2D eigenvalue weighted by molar-refractivity contribution is -0.139. The zero-order valence-corrected chi connectivity index (χ0v) is 27.0. The van der Waals surface area contributed by atoms with Crippen molar-refractivity contribution in [2.75, 3.05) is 41.1 Å². The van der Waals surface area contributed by atoms with Crippen molar-refractivity contribution in [2.45, 2.75) is 39.1 Å². The number of nitrogens with one attached hydrogen (secondary N) is 1. The first-order valence-electron chi connectivity index (χ1n) is 14.4. The third-order valence-electron chi connectivity index (χ3n) is 6.28. The summed E-state index contributed by atoms with van der Waals surface area (Å²) in [6.45, 7) is 5.87. The Hall–Kier alpha value is -5.53. The van der Waals surface area contributed by atoms with Crippen molar-refractivity contribution in [3.63, 3.8) is 0 Å². The highest BCUT2D eigenvalue weighted by molar-refractivity contribution is 5.93. The van der Waals surface area contributed by atoms with Gasteiger partial charge >= 0.3 is 5.97 Å². The van der Waals surface area contributed by atoms with Crippen LogP contribution in [0.1, 0.15) is 59.7 Å². The van der Waals surface area contributed by atoms with Crippen molar-refractivity contribution in [3.8, 4) is 23.2 Å². The van der Waals surface area contributed by atoms with Gasteiger partial charge in [-0.15, -0.1) is 0 Å². The van der Waals surface area contributed by atoms with E-state index < -0.39 is 30.3 Å². The number of ether oxygens (including phenoxy) is 5. The van der Waals surface area contributed by atoms with Crippen molar-refractivity contribution in [2.24, 2.45) is 16.5 Å². The van der Waals surface area contributed by atoms with E-state index >= 15 is 0 Å². The fraction of sp³-hybridized carbons (Fsp3) is 0.414. The fourth-order valence-corrected chi connectivity index (χ4v) is 3.98. The second-order valence-corrected chi connectivity index (χ2v) is 9.74. The van der Waals surface area contributed by atoms with Gasteiger partial charge in [0.25, 0.3) is 5.91 Å². The average Bonchev–Trinajstić information content (AvgIpc) is 3.90. The fourth-order valence-electron chi connectivity index (χ4n) is 3.98. The van der Waals surface area contributed by atoms with Gasteiger partial charge in [0, 0.05) is 14.2 Å². The monoisotopic (exact) mass is 672 g/mol. The smallest absolute Gasteiger partial charge is 0.360 e. The lowest BCUT2D eigenvalue weighted by atomic mass is 10.2. The van der Waals surface area contributed by atoms with E-state index in [0.29, 0.717) is 24.0 Å². The van der Waals surface area contributed by atoms with E-state index in [-0.39, 0.29) is 59.5 Å². The molecule has 2 unspecified atom stereocenters. The summed E-state index contributed by atoms with van der Waals surface area (Å²) in [7, 11) is 3.96. The summed E-state index contributed by atoms with van der Waals surface area (Å²) in [6.07, 6.45) is 3.68. The van der Waals surface area contributed by atoms with Gasteiger partial charge < -0.3 is 58.1 Å². The molecule has 0 aromatic carbocycles. The van der Waals surface area contributed by atoms with Crippen LogP contribution in [-0.2, 0) is 28.5 Å². The molecule has 0 spiro atoms. The predicted octanol–water partition coefficient (Wildman–Crippen LogP) is 2.16. The molecule has 4 heterocycles. The summed E-state index contributed by atoms with van der Waals surface area (Å²) in [5.74, 6) is -0.222. The molecule has 4 aromatic rings. The number of rotatable bonds is 16. The topological polar surface area (TPSA) is 261 Å². The van der Waals surface area contributed by atoms with Gasteiger partial charge in [-0.3, -0.25) is 4.79 Å². The Morgan fingerprint density at radius 1 is 1.00 bits per heavy atom. The number of aliphatic imine (C=N–C) groups is 1. The number of aromatic nitrogens is 4. The van der Waals surface area contributed by atoms with E-state index in [1.54, 1.807) is 13.8 Å². The van der Waals surface area contributed by atoms with Crippen molar-refractivity contribution >= 4 is 17.8 Å². The van der Waals surface area contributed by atoms with Crippen molar-refractivity contribution in [3.05, 3.63) is 59.7 Å². The van der Waals surface area contributed by atoms with E-state index in [1.807, 2.05) is 6.92 Å². The molecule has 0 saturated heterocycles. The Labute approximate surface area is 273 Å².